The second kappa shape index (κ2) is 4.63. The predicted molar refractivity (Wildman–Crippen MR) is 76.2 cm³/mol. The third kappa shape index (κ3) is 2.43. The number of hydrogen-bond acceptors (Lipinski definition) is 3. The summed E-state index contributed by atoms with van der Waals surface area (Å²) >= 11 is 13.1. The summed E-state index contributed by atoms with van der Waals surface area (Å²) in [6.45, 7) is 5.72. The first-order valence-electron chi connectivity index (χ1n) is 5.57. The molecule has 1 aromatic rings. The first-order chi connectivity index (χ1) is 8.14. The number of sulfonamides is 1. The highest BCUT2D eigenvalue weighted by molar-refractivity contribution is 7.91. The van der Waals surface area contributed by atoms with Crippen LogP contribution >= 0.6 is 34.5 Å². The van der Waals surface area contributed by atoms with E-state index in [-0.39, 0.29) is 21.0 Å². The fourth-order valence-corrected chi connectivity index (χ4v) is 5.34. The van der Waals surface area contributed by atoms with Gasteiger partial charge in [0.05, 0.1) is 4.34 Å². The first-order valence-corrected chi connectivity index (χ1v) is 8.68. The monoisotopic (exact) mass is 327 g/mol. The van der Waals surface area contributed by atoms with Crippen LogP contribution in [0.4, 0.5) is 0 Å². The molecule has 3 nitrogen and oxygen atoms in total. The van der Waals surface area contributed by atoms with E-state index in [1.54, 1.807) is 13.0 Å². The molecule has 1 aliphatic carbocycles. The Hall–Kier alpha value is 0.190. The van der Waals surface area contributed by atoms with Crippen LogP contribution in [0.2, 0.25) is 4.34 Å². The number of rotatable bonds is 3. The van der Waals surface area contributed by atoms with Gasteiger partial charge in [0, 0.05) is 11.4 Å². The minimum absolute atomic E-state index is 0.0128. The normalized spacial score (nSPS) is 26.9. The van der Waals surface area contributed by atoms with E-state index in [9.17, 15) is 8.42 Å². The summed E-state index contributed by atoms with van der Waals surface area (Å²) in [6.07, 6.45) is 0.659. The van der Waals surface area contributed by atoms with E-state index in [1.165, 1.54) is 0 Å². The fourth-order valence-electron chi connectivity index (χ4n) is 1.88. The highest BCUT2D eigenvalue weighted by Crippen LogP contribution is 2.45. The number of hydrogen-bond donors (Lipinski definition) is 1. The Kier molecular flexibility index (Phi) is 3.76. The van der Waals surface area contributed by atoms with E-state index in [1.807, 2.05) is 13.8 Å². The Morgan fingerprint density at radius 2 is 2.11 bits per heavy atom. The van der Waals surface area contributed by atoms with Crippen molar-refractivity contribution in [1.82, 2.24) is 4.72 Å². The third-order valence-corrected chi connectivity index (χ3v) is 7.79. The summed E-state index contributed by atoms with van der Waals surface area (Å²) in [7, 11) is -3.49. The van der Waals surface area contributed by atoms with Gasteiger partial charge in [0.1, 0.15) is 4.21 Å². The standard InChI is InChI=1S/C11H15Cl2NO2S2/c1-6-4-9(17-10(6)13)18(15,16)14-8-5-7(12)11(8,2)3/h4,7-8,14H,5H2,1-3H3. The number of halogens is 2. The second-order valence-corrected chi connectivity index (χ2v) is 9.34. The van der Waals surface area contributed by atoms with Gasteiger partial charge in [0.2, 0.25) is 10.0 Å². The van der Waals surface area contributed by atoms with Gasteiger partial charge in [-0.25, -0.2) is 13.1 Å². The van der Waals surface area contributed by atoms with Crippen molar-refractivity contribution in [3.8, 4) is 0 Å². The highest BCUT2D eigenvalue weighted by atomic mass is 35.5. The van der Waals surface area contributed by atoms with Gasteiger partial charge in [-0.15, -0.1) is 22.9 Å². The average molecular weight is 328 g/mol. The molecule has 0 bridgehead atoms. The summed E-state index contributed by atoms with van der Waals surface area (Å²) in [5.41, 5.74) is 0.565. The lowest BCUT2D eigenvalue weighted by molar-refractivity contribution is 0.137. The van der Waals surface area contributed by atoms with E-state index >= 15 is 0 Å². The SMILES string of the molecule is Cc1cc(S(=O)(=O)NC2CC(Cl)C2(C)C)sc1Cl. The maximum Gasteiger partial charge on any atom is 0.250 e. The van der Waals surface area contributed by atoms with Gasteiger partial charge in [0.25, 0.3) is 0 Å². The van der Waals surface area contributed by atoms with Gasteiger partial charge in [0.15, 0.2) is 0 Å². The summed E-state index contributed by atoms with van der Waals surface area (Å²) in [6, 6.07) is 1.48. The molecule has 1 heterocycles. The zero-order chi connectivity index (χ0) is 13.7. The van der Waals surface area contributed by atoms with Crippen LogP contribution in [0.15, 0.2) is 10.3 Å². The van der Waals surface area contributed by atoms with Crippen molar-refractivity contribution in [2.75, 3.05) is 0 Å². The number of nitrogens with one attached hydrogen (secondary N) is 1. The van der Waals surface area contributed by atoms with E-state index in [0.29, 0.717) is 10.8 Å². The minimum atomic E-state index is -3.49. The lowest BCUT2D eigenvalue weighted by atomic mass is 9.67. The molecule has 2 atom stereocenters. The van der Waals surface area contributed by atoms with Gasteiger partial charge in [-0.3, -0.25) is 0 Å². The smallest absolute Gasteiger partial charge is 0.207 e. The van der Waals surface area contributed by atoms with Crippen LogP contribution in [0.3, 0.4) is 0 Å². The van der Waals surface area contributed by atoms with Crippen molar-refractivity contribution in [3.63, 3.8) is 0 Å². The highest BCUT2D eigenvalue weighted by Gasteiger charge is 2.48. The summed E-state index contributed by atoms with van der Waals surface area (Å²) in [4.78, 5) is 0. The van der Waals surface area contributed by atoms with Crippen LogP contribution in [0, 0.1) is 12.3 Å². The van der Waals surface area contributed by atoms with Gasteiger partial charge in [-0.1, -0.05) is 25.4 Å². The molecule has 1 saturated carbocycles. The van der Waals surface area contributed by atoms with Crippen LogP contribution < -0.4 is 4.72 Å². The molecule has 1 aliphatic rings. The molecular weight excluding hydrogens is 313 g/mol. The molecule has 1 N–H and O–H groups in total. The molecule has 2 rings (SSSR count). The third-order valence-electron chi connectivity index (χ3n) is 3.54. The zero-order valence-electron chi connectivity index (χ0n) is 10.3. The average Bonchev–Trinajstić information content (AvgIpc) is 2.59. The topological polar surface area (TPSA) is 46.2 Å². The lowest BCUT2D eigenvalue weighted by Gasteiger charge is -2.48. The Morgan fingerprint density at radius 1 is 1.50 bits per heavy atom. The molecule has 0 aliphatic heterocycles. The van der Waals surface area contributed by atoms with Crippen LogP contribution in [0.1, 0.15) is 25.8 Å². The first kappa shape index (κ1) is 14.6. The molecule has 0 spiro atoms. The molecule has 102 valence electrons. The Bertz CT molecular complexity index is 546. The van der Waals surface area contributed by atoms with Crippen molar-refractivity contribution >= 4 is 44.6 Å². The van der Waals surface area contributed by atoms with Crippen LogP contribution in [0.25, 0.3) is 0 Å². The molecule has 0 aromatic carbocycles. The van der Waals surface area contributed by atoms with Crippen LogP contribution in [0.5, 0.6) is 0 Å². The summed E-state index contributed by atoms with van der Waals surface area (Å²) in [5.74, 6) is 0. The van der Waals surface area contributed by atoms with Gasteiger partial charge in [-0.05, 0) is 30.4 Å². The summed E-state index contributed by atoms with van der Waals surface area (Å²) < 4.78 is 27.9. The van der Waals surface area contributed by atoms with Crippen molar-refractivity contribution in [1.29, 1.82) is 0 Å². The van der Waals surface area contributed by atoms with Crippen molar-refractivity contribution < 1.29 is 8.42 Å². The molecule has 0 amide bonds. The Labute approximate surface area is 122 Å². The number of aryl methyl sites for hydroxylation is 1. The molecule has 18 heavy (non-hydrogen) atoms. The minimum Gasteiger partial charge on any atom is -0.207 e. The van der Waals surface area contributed by atoms with E-state index < -0.39 is 10.0 Å². The Morgan fingerprint density at radius 3 is 2.50 bits per heavy atom. The van der Waals surface area contributed by atoms with Gasteiger partial charge >= 0.3 is 0 Å². The molecule has 0 radical (unpaired) electrons. The van der Waals surface area contributed by atoms with Gasteiger partial charge in [-0.2, -0.15) is 0 Å². The molecule has 1 aromatic heterocycles. The van der Waals surface area contributed by atoms with Crippen LogP contribution in [-0.4, -0.2) is 19.8 Å². The molecule has 1 fully saturated rings. The second-order valence-electron chi connectivity index (χ2n) is 5.22. The maximum absolute atomic E-state index is 12.2. The molecular formula is C11H15Cl2NO2S2. The number of thiophene rings is 1. The van der Waals surface area contributed by atoms with Crippen molar-refractivity contribution in [3.05, 3.63) is 16.0 Å². The molecule has 7 heteroatoms. The predicted octanol–water partition coefficient (Wildman–Crippen LogP) is 3.39. The zero-order valence-corrected chi connectivity index (χ0v) is 13.5. The van der Waals surface area contributed by atoms with E-state index in [2.05, 4.69) is 4.72 Å². The molecule has 0 saturated heterocycles. The quantitative estimate of drug-likeness (QED) is 0.865. The van der Waals surface area contributed by atoms with E-state index in [4.69, 9.17) is 23.2 Å². The van der Waals surface area contributed by atoms with Gasteiger partial charge < -0.3 is 0 Å². The molecule has 2 unspecified atom stereocenters. The fraction of sp³-hybridized carbons (Fsp3) is 0.636. The van der Waals surface area contributed by atoms with E-state index in [0.717, 1.165) is 16.9 Å². The van der Waals surface area contributed by atoms with Crippen molar-refractivity contribution in [2.45, 2.75) is 42.8 Å². The maximum atomic E-state index is 12.2. The summed E-state index contributed by atoms with van der Waals surface area (Å²) in [5, 5.41) is 0.0128. The number of alkyl halides is 1. The van der Waals surface area contributed by atoms with Crippen LogP contribution in [-0.2, 0) is 10.0 Å². The largest absolute Gasteiger partial charge is 0.250 e. The van der Waals surface area contributed by atoms with Crippen molar-refractivity contribution in [2.24, 2.45) is 5.41 Å². The lowest BCUT2D eigenvalue weighted by Crippen LogP contribution is -2.59. The Balaban J connectivity index is 2.19.